The van der Waals surface area contributed by atoms with E-state index in [2.05, 4.69) is 10.6 Å². The molecule has 1 heterocycles. The highest BCUT2D eigenvalue weighted by Gasteiger charge is 2.34. The van der Waals surface area contributed by atoms with Gasteiger partial charge in [0.2, 0.25) is 0 Å². The number of urea groups is 1. The summed E-state index contributed by atoms with van der Waals surface area (Å²) in [7, 11) is 0. The highest BCUT2D eigenvalue weighted by molar-refractivity contribution is 5.89. The number of hydrogen-bond donors (Lipinski definition) is 2. The quantitative estimate of drug-likeness (QED) is 0.648. The Bertz CT molecular complexity index is 636. The van der Waals surface area contributed by atoms with Crippen LogP contribution in [0.1, 0.15) is 12.0 Å². The second kappa shape index (κ2) is 7.04. The minimum absolute atomic E-state index is 0.0560. The highest BCUT2D eigenvalue weighted by Crippen LogP contribution is 2.22. The molecule has 0 radical (unpaired) electrons. The van der Waals surface area contributed by atoms with Crippen LogP contribution in [-0.2, 0) is 0 Å². The van der Waals surface area contributed by atoms with Crippen molar-refractivity contribution in [2.75, 3.05) is 25.0 Å². The third-order valence-electron chi connectivity index (χ3n) is 3.66. The summed E-state index contributed by atoms with van der Waals surface area (Å²) >= 11 is 0. The Morgan fingerprint density at radius 1 is 1.46 bits per heavy atom. The largest absolute Gasteiger partial charge is 0.401 e. The molecule has 1 fully saturated rings. The van der Waals surface area contributed by atoms with Crippen LogP contribution in [0.25, 0.3) is 0 Å². The molecular weight excluding hydrogens is 329 g/mol. The van der Waals surface area contributed by atoms with E-state index in [-0.39, 0.29) is 24.8 Å². The van der Waals surface area contributed by atoms with Gasteiger partial charge in [0.05, 0.1) is 11.5 Å². The summed E-state index contributed by atoms with van der Waals surface area (Å²) < 4.78 is 37.0. The molecule has 0 aromatic heterocycles. The molecule has 10 heteroatoms. The molecule has 7 nitrogen and oxygen atoms in total. The standard InChI is InChI=1S/C14H17F3N4O3/c1-9-6-10(2-3-12(9)21(23)24)18-13(22)19-11-4-5-20(7-11)8-14(15,16)17/h2-3,6,11H,4-5,7-8H2,1H3,(H2,18,19,22). The van der Waals surface area contributed by atoms with E-state index in [4.69, 9.17) is 0 Å². The van der Waals surface area contributed by atoms with Crippen LogP contribution in [0.2, 0.25) is 0 Å². The molecular formula is C14H17F3N4O3. The van der Waals surface area contributed by atoms with Gasteiger partial charge < -0.3 is 10.6 Å². The summed E-state index contributed by atoms with van der Waals surface area (Å²) in [6.07, 6.45) is -3.82. The summed E-state index contributed by atoms with van der Waals surface area (Å²) in [6.45, 7) is 0.953. The molecule has 0 spiro atoms. The van der Waals surface area contributed by atoms with E-state index in [1.807, 2.05) is 0 Å². The van der Waals surface area contributed by atoms with E-state index in [0.29, 0.717) is 17.7 Å². The van der Waals surface area contributed by atoms with Crippen molar-refractivity contribution in [3.05, 3.63) is 33.9 Å². The number of nitrogens with zero attached hydrogens (tertiary/aromatic N) is 2. The van der Waals surface area contributed by atoms with Crippen LogP contribution in [0.5, 0.6) is 0 Å². The van der Waals surface area contributed by atoms with Crippen molar-refractivity contribution in [3.8, 4) is 0 Å². The first-order chi connectivity index (χ1) is 11.1. The molecule has 0 aliphatic carbocycles. The summed E-state index contributed by atoms with van der Waals surface area (Å²) in [5, 5.41) is 15.9. The number of rotatable bonds is 4. The average Bonchev–Trinajstić information content (AvgIpc) is 2.82. The molecule has 0 bridgehead atoms. The topological polar surface area (TPSA) is 87.5 Å². The monoisotopic (exact) mass is 346 g/mol. The molecule has 0 saturated carbocycles. The molecule has 1 aromatic rings. The normalized spacial score (nSPS) is 18.4. The fourth-order valence-corrected chi connectivity index (χ4v) is 2.64. The van der Waals surface area contributed by atoms with Crippen LogP contribution in [-0.4, -0.2) is 47.7 Å². The maximum absolute atomic E-state index is 12.3. The van der Waals surface area contributed by atoms with Gasteiger partial charge in [-0.25, -0.2) is 4.79 Å². The van der Waals surface area contributed by atoms with Crippen LogP contribution in [0, 0.1) is 17.0 Å². The van der Waals surface area contributed by atoms with Gasteiger partial charge in [-0.15, -0.1) is 0 Å². The SMILES string of the molecule is Cc1cc(NC(=O)NC2CCN(CC(F)(F)F)C2)ccc1[N+](=O)[O-]. The lowest BCUT2D eigenvalue weighted by atomic mass is 10.2. The lowest BCUT2D eigenvalue weighted by molar-refractivity contribution is -0.385. The van der Waals surface area contributed by atoms with Crippen molar-refractivity contribution in [1.29, 1.82) is 0 Å². The number of anilines is 1. The van der Waals surface area contributed by atoms with Gasteiger partial charge in [-0.1, -0.05) is 0 Å². The summed E-state index contributed by atoms with van der Waals surface area (Å²) in [4.78, 5) is 23.3. The highest BCUT2D eigenvalue weighted by atomic mass is 19.4. The molecule has 1 aliphatic heterocycles. The number of benzene rings is 1. The Morgan fingerprint density at radius 3 is 2.75 bits per heavy atom. The molecule has 1 aliphatic rings. The predicted molar refractivity (Wildman–Crippen MR) is 80.9 cm³/mol. The molecule has 1 atom stereocenters. The van der Waals surface area contributed by atoms with E-state index < -0.39 is 23.7 Å². The van der Waals surface area contributed by atoms with Crippen LogP contribution in [0.15, 0.2) is 18.2 Å². The number of hydrogen-bond acceptors (Lipinski definition) is 4. The van der Waals surface area contributed by atoms with E-state index in [0.717, 1.165) is 0 Å². The smallest absolute Gasteiger partial charge is 0.334 e. The van der Waals surface area contributed by atoms with Crippen LogP contribution >= 0.6 is 0 Å². The van der Waals surface area contributed by atoms with E-state index >= 15 is 0 Å². The first kappa shape index (κ1) is 18.0. The van der Waals surface area contributed by atoms with Crippen LogP contribution < -0.4 is 10.6 Å². The van der Waals surface area contributed by atoms with Crippen molar-refractivity contribution >= 4 is 17.4 Å². The lowest BCUT2D eigenvalue weighted by Gasteiger charge is -2.18. The minimum atomic E-state index is -4.26. The van der Waals surface area contributed by atoms with Gasteiger partial charge in [-0.3, -0.25) is 15.0 Å². The fraction of sp³-hybridized carbons (Fsp3) is 0.500. The summed E-state index contributed by atoms with van der Waals surface area (Å²) in [6, 6.07) is 3.22. The maximum atomic E-state index is 12.3. The van der Waals surface area contributed by atoms with Crippen molar-refractivity contribution in [3.63, 3.8) is 0 Å². The Morgan fingerprint density at radius 2 is 2.17 bits per heavy atom. The molecule has 2 N–H and O–H groups in total. The molecule has 1 saturated heterocycles. The lowest BCUT2D eigenvalue weighted by Crippen LogP contribution is -2.41. The fourth-order valence-electron chi connectivity index (χ4n) is 2.64. The molecule has 24 heavy (non-hydrogen) atoms. The molecule has 2 rings (SSSR count). The Hall–Kier alpha value is -2.36. The van der Waals surface area contributed by atoms with Crippen LogP contribution in [0.3, 0.4) is 0 Å². The molecule has 1 aromatic carbocycles. The first-order valence-corrected chi connectivity index (χ1v) is 7.26. The number of halogens is 3. The summed E-state index contributed by atoms with van der Waals surface area (Å²) in [5.41, 5.74) is 0.718. The summed E-state index contributed by atoms with van der Waals surface area (Å²) in [5.74, 6) is 0. The Balaban J connectivity index is 1.86. The zero-order valence-corrected chi connectivity index (χ0v) is 12.9. The van der Waals surface area contributed by atoms with E-state index in [1.54, 1.807) is 6.92 Å². The number of carbonyl (C=O) groups excluding carboxylic acids is 1. The van der Waals surface area contributed by atoms with Crippen molar-refractivity contribution in [1.82, 2.24) is 10.2 Å². The average molecular weight is 346 g/mol. The number of nitro groups is 1. The van der Waals surface area contributed by atoms with Gasteiger partial charge in [-0.2, -0.15) is 13.2 Å². The third-order valence-corrected chi connectivity index (χ3v) is 3.66. The third kappa shape index (κ3) is 5.08. The second-order valence-electron chi connectivity index (χ2n) is 5.69. The number of nitro benzene ring substituents is 1. The van der Waals surface area contributed by atoms with Crippen molar-refractivity contribution in [2.24, 2.45) is 0 Å². The number of carbonyl (C=O) groups is 1. The van der Waals surface area contributed by atoms with Gasteiger partial charge in [0.1, 0.15) is 0 Å². The molecule has 1 unspecified atom stereocenters. The maximum Gasteiger partial charge on any atom is 0.401 e. The van der Waals surface area contributed by atoms with Gasteiger partial charge in [0.15, 0.2) is 0 Å². The van der Waals surface area contributed by atoms with Gasteiger partial charge in [0, 0.05) is 36.4 Å². The zero-order chi connectivity index (χ0) is 17.9. The van der Waals surface area contributed by atoms with Crippen molar-refractivity contribution in [2.45, 2.75) is 25.6 Å². The minimum Gasteiger partial charge on any atom is -0.334 e. The second-order valence-corrected chi connectivity index (χ2v) is 5.69. The van der Waals surface area contributed by atoms with E-state index in [9.17, 15) is 28.1 Å². The molecule has 132 valence electrons. The Labute approximate surface area is 136 Å². The first-order valence-electron chi connectivity index (χ1n) is 7.26. The van der Waals surface area contributed by atoms with E-state index in [1.165, 1.54) is 23.1 Å². The Kier molecular flexibility index (Phi) is 5.27. The number of likely N-dealkylation sites (tertiary alicyclic amines) is 1. The number of aryl methyl sites for hydroxylation is 1. The predicted octanol–water partition coefficient (Wildman–Crippen LogP) is 2.66. The van der Waals surface area contributed by atoms with Gasteiger partial charge in [0.25, 0.3) is 5.69 Å². The zero-order valence-electron chi connectivity index (χ0n) is 12.9. The number of alkyl halides is 3. The number of amides is 2. The number of nitrogens with one attached hydrogen (secondary N) is 2. The van der Waals surface area contributed by atoms with Gasteiger partial charge in [-0.05, 0) is 25.5 Å². The molecule has 2 amide bonds. The van der Waals surface area contributed by atoms with Gasteiger partial charge >= 0.3 is 12.2 Å². The van der Waals surface area contributed by atoms with Crippen LogP contribution in [0.4, 0.5) is 29.3 Å². The van der Waals surface area contributed by atoms with Crippen molar-refractivity contribution < 1.29 is 22.9 Å².